The lowest BCUT2D eigenvalue weighted by atomic mass is 10.1. The molecule has 0 saturated heterocycles. The maximum absolute atomic E-state index is 10.2. The Morgan fingerprint density at radius 3 is 2.89 bits per heavy atom. The summed E-state index contributed by atoms with van der Waals surface area (Å²) in [6.07, 6.45) is 0.135. The molecule has 102 valence electrons. The van der Waals surface area contributed by atoms with Crippen LogP contribution in [0.2, 0.25) is 5.02 Å². The van der Waals surface area contributed by atoms with Gasteiger partial charge in [-0.2, -0.15) is 0 Å². The van der Waals surface area contributed by atoms with E-state index in [0.29, 0.717) is 11.4 Å². The number of rotatable bonds is 6. The number of hydrogen-bond acceptors (Lipinski definition) is 4. The van der Waals surface area contributed by atoms with Gasteiger partial charge in [0, 0.05) is 23.5 Å². The number of aromatic nitrogens is 1. The minimum Gasteiger partial charge on any atom is -0.388 e. The molecule has 0 aliphatic carbocycles. The summed E-state index contributed by atoms with van der Waals surface area (Å²) in [6.45, 7) is 1.60. The molecule has 0 fully saturated rings. The van der Waals surface area contributed by atoms with Crippen molar-refractivity contribution in [3.05, 3.63) is 51.4 Å². The van der Waals surface area contributed by atoms with Gasteiger partial charge in [-0.05, 0) is 25.1 Å². The van der Waals surface area contributed by atoms with Crippen LogP contribution in [0.3, 0.4) is 0 Å². The van der Waals surface area contributed by atoms with Crippen LogP contribution in [0.25, 0.3) is 0 Å². The van der Waals surface area contributed by atoms with Crippen LogP contribution in [0.4, 0.5) is 0 Å². The minimum atomic E-state index is -0.522. The monoisotopic (exact) mass is 296 g/mol. The fraction of sp³-hybridized carbons (Fsp3) is 0.357. The molecule has 1 unspecified atom stereocenters. The van der Waals surface area contributed by atoms with Crippen molar-refractivity contribution in [2.24, 2.45) is 0 Å². The van der Waals surface area contributed by atoms with Crippen molar-refractivity contribution in [3.63, 3.8) is 0 Å². The van der Waals surface area contributed by atoms with Crippen molar-refractivity contribution in [1.82, 2.24) is 9.88 Å². The molecule has 1 N–H and O–H groups in total. The molecule has 0 spiro atoms. The topological polar surface area (TPSA) is 36.4 Å². The second-order valence-corrected chi connectivity index (χ2v) is 5.67. The number of thiazole rings is 1. The van der Waals surface area contributed by atoms with E-state index < -0.39 is 6.10 Å². The van der Waals surface area contributed by atoms with Gasteiger partial charge < -0.3 is 10.0 Å². The van der Waals surface area contributed by atoms with Crippen molar-refractivity contribution in [2.75, 3.05) is 13.6 Å². The number of aliphatic hydroxyl groups is 1. The normalized spacial score (nSPS) is 12.8. The summed E-state index contributed by atoms with van der Waals surface area (Å²) in [4.78, 5) is 6.40. The molecule has 2 rings (SSSR count). The first kappa shape index (κ1) is 14.5. The molecule has 2 aromatic rings. The van der Waals surface area contributed by atoms with Crippen molar-refractivity contribution in [2.45, 2.75) is 19.1 Å². The van der Waals surface area contributed by atoms with Crippen molar-refractivity contribution >= 4 is 22.9 Å². The van der Waals surface area contributed by atoms with Crippen LogP contribution < -0.4 is 0 Å². The Hall–Kier alpha value is -0.940. The third-order valence-electron chi connectivity index (χ3n) is 2.96. The molecule has 1 heterocycles. The first-order chi connectivity index (χ1) is 9.16. The van der Waals surface area contributed by atoms with Gasteiger partial charge in [0.05, 0.1) is 17.3 Å². The highest BCUT2D eigenvalue weighted by Gasteiger charge is 2.12. The van der Waals surface area contributed by atoms with Gasteiger partial charge in [-0.1, -0.05) is 29.8 Å². The summed E-state index contributed by atoms with van der Waals surface area (Å²) >= 11 is 7.67. The van der Waals surface area contributed by atoms with E-state index in [9.17, 15) is 5.11 Å². The fourth-order valence-electron chi connectivity index (χ4n) is 1.91. The number of aliphatic hydroxyl groups excluding tert-OH is 1. The Labute approximate surface area is 122 Å². The Morgan fingerprint density at radius 1 is 1.42 bits per heavy atom. The highest BCUT2D eigenvalue weighted by Crippen LogP contribution is 2.24. The van der Waals surface area contributed by atoms with Crippen LogP contribution in [-0.4, -0.2) is 28.6 Å². The van der Waals surface area contributed by atoms with E-state index in [2.05, 4.69) is 9.88 Å². The van der Waals surface area contributed by atoms with Crippen LogP contribution in [0.5, 0.6) is 0 Å². The van der Waals surface area contributed by atoms with Gasteiger partial charge in [-0.3, -0.25) is 0 Å². The zero-order chi connectivity index (χ0) is 13.7. The predicted molar refractivity (Wildman–Crippen MR) is 79.5 cm³/mol. The summed E-state index contributed by atoms with van der Waals surface area (Å²) in [5, 5.41) is 12.8. The lowest BCUT2D eigenvalue weighted by molar-refractivity contribution is 0.147. The number of benzene rings is 1. The van der Waals surface area contributed by atoms with E-state index in [-0.39, 0.29) is 0 Å². The molecule has 3 nitrogen and oxygen atoms in total. The molecule has 1 atom stereocenters. The van der Waals surface area contributed by atoms with E-state index in [1.54, 1.807) is 17.4 Å². The molecular weight excluding hydrogens is 280 g/mol. The Morgan fingerprint density at radius 2 is 2.21 bits per heavy atom. The molecule has 19 heavy (non-hydrogen) atoms. The summed E-state index contributed by atoms with van der Waals surface area (Å²) in [6, 6.07) is 7.43. The zero-order valence-corrected chi connectivity index (χ0v) is 12.4. The average Bonchev–Trinajstić information content (AvgIpc) is 2.89. The van der Waals surface area contributed by atoms with E-state index in [1.807, 2.05) is 36.1 Å². The van der Waals surface area contributed by atoms with Gasteiger partial charge in [-0.15, -0.1) is 11.3 Å². The third kappa shape index (κ3) is 4.28. The van der Waals surface area contributed by atoms with E-state index >= 15 is 0 Å². The van der Waals surface area contributed by atoms with Crippen LogP contribution in [0.15, 0.2) is 35.2 Å². The number of halogens is 1. The van der Waals surface area contributed by atoms with Gasteiger partial charge in [0.2, 0.25) is 0 Å². The second-order valence-electron chi connectivity index (χ2n) is 4.54. The summed E-state index contributed by atoms with van der Waals surface area (Å²) in [5.74, 6) is 0. The third-order valence-corrected chi connectivity index (χ3v) is 3.94. The maximum atomic E-state index is 10.2. The number of hydrogen-bond donors (Lipinski definition) is 1. The Kier molecular flexibility index (Phi) is 5.34. The van der Waals surface area contributed by atoms with Gasteiger partial charge in [-0.25, -0.2) is 4.98 Å². The molecule has 1 aromatic carbocycles. The summed E-state index contributed by atoms with van der Waals surface area (Å²) < 4.78 is 0. The largest absolute Gasteiger partial charge is 0.388 e. The molecular formula is C14H17ClN2OS. The number of nitrogens with zero attached hydrogens (tertiary/aromatic N) is 2. The van der Waals surface area contributed by atoms with Crippen LogP contribution >= 0.6 is 22.9 Å². The van der Waals surface area contributed by atoms with Crippen molar-refractivity contribution < 1.29 is 5.11 Å². The fourth-order valence-corrected chi connectivity index (χ4v) is 2.73. The molecule has 0 radical (unpaired) electrons. The lowest BCUT2D eigenvalue weighted by Gasteiger charge is -2.18. The zero-order valence-electron chi connectivity index (χ0n) is 10.8. The van der Waals surface area contributed by atoms with Gasteiger partial charge in [0.1, 0.15) is 0 Å². The summed E-state index contributed by atoms with van der Waals surface area (Å²) in [7, 11) is 2.03. The highest BCUT2D eigenvalue weighted by molar-refractivity contribution is 7.07. The van der Waals surface area contributed by atoms with E-state index in [4.69, 9.17) is 11.6 Å². The van der Waals surface area contributed by atoms with Crippen LogP contribution in [0.1, 0.15) is 23.8 Å². The van der Waals surface area contributed by atoms with Gasteiger partial charge >= 0.3 is 0 Å². The highest BCUT2D eigenvalue weighted by atomic mass is 35.5. The minimum absolute atomic E-state index is 0.522. The Balaban J connectivity index is 1.83. The molecule has 0 saturated carbocycles. The quantitative estimate of drug-likeness (QED) is 0.888. The van der Waals surface area contributed by atoms with Crippen LogP contribution in [-0.2, 0) is 6.54 Å². The van der Waals surface area contributed by atoms with Crippen LogP contribution in [0, 0.1) is 0 Å². The first-order valence-electron chi connectivity index (χ1n) is 6.15. The smallest absolute Gasteiger partial charge is 0.0816 e. The van der Waals surface area contributed by atoms with Crippen molar-refractivity contribution in [3.8, 4) is 0 Å². The molecule has 0 amide bonds. The SMILES string of the molecule is CN(CCC(O)c1ccccc1Cl)Cc1cscn1. The van der Waals surface area contributed by atoms with E-state index in [1.165, 1.54) is 0 Å². The molecule has 5 heteroatoms. The molecule has 0 aliphatic heterocycles. The maximum Gasteiger partial charge on any atom is 0.0816 e. The predicted octanol–water partition coefficient (Wildman–Crippen LogP) is 3.35. The molecule has 1 aromatic heterocycles. The van der Waals surface area contributed by atoms with Gasteiger partial charge in [0.25, 0.3) is 0 Å². The Bertz CT molecular complexity index is 504. The standard InChI is InChI=1S/C14H17ClN2OS/c1-17(8-11-9-19-10-16-11)7-6-14(18)12-4-2-3-5-13(12)15/h2-5,9-10,14,18H,6-8H2,1H3. The van der Waals surface area contributed by atoms with Gasteiger partial charge in [0.15, 0.2) is 0 Å². The first-order valence-corrected chi connectivity index (χ1v) is 7.47. The summed E-state index contributed by atoms with van der Waals surface area (Å²) in [5.41, 5.74) is 3.70. The molecule has 0 aliphatic rings. The van der Waals surface area contributed by atoms with Crippen molar-refractivity contribution in [1.29, 1.82) is 0 Å². The second kappa shape index (κ2) is 7.01. The van der Waals surface area contributed by atoms with E-state index in [0.717, 1.165) is 24.3 Å². The average molecular weight is 297 g/mol. The lowest BCUT2D eigenvalue weighted by Crippen LogP contribution is -2.21. The molecule has 0 bridgehead atoms.